The van der Waals surface area contributed by atoms with Crippen LogP contribution in [-0.4, -0.2) is 21.1 Å². The van der Waals surface area contributed by atoms with Crippen LogP contribution in [0.15, 0.2) is 101 Å². The minimum atomic E-state index is -0.283. The number of Topliss-reactive ketones (excluding diaryl/α,β-unsaturated/α-hetero) is 2. The number of rotatable bonds is 3. The summed E-state index contributed by atoms with van der Waals surface area (Å²) in [7, 11) is 0. The number of imidazole rings is 1. The lowest BCUT2D eigenvalue weighted by molar-refractivity contribution is 0.0990. The summed E-state index contributed by atoms with van der Waals surface area (Å²) < 4.78 is 7.95. The summed E-state index contributed by atoms with van der Waals surface area (Å²) in [6, 6.07) is 28.3. The number of carbonyl (C=O) groups excluding carboxylic acids is 2. The fraction of sp³-hybridized carbons (Fsp3) is 0. The van der Waals surface area contributed by atoms with Crippen LogP contribution in [0.3, 0.4) is 0 Å². The van der Waals surface area contributed by atoms with E-state index in [4.69, 9.17) is 4.42 Å². The average molecular weight is 416 g/mol. The van der Waals surface area contributed by atoms with Crippen molar-refractivity contribution in [3.8, 4) is 17.0 Å². The SMILES string of the molecule is O=C1C(=Cc2nc3oc(-c4ccccc4)cc3n2-c2ccccc2)C(=O)c2ccccc21. The lowest BCUT2D eigenvalue weighted by Crippen LogP contribution is -2.03. The number of nitrogens with zero attached hydrogens (tertiary/aromatic N) is 2. The molecule has 2 heterocycles. The maximum Gasteiger partial charge on any atom is 0.246 e. The maximum atomic E-state index is 12.9. The molecule has 1 aliphatic rings. The first-order valence-electron chi connectivity index (χ1n) is 10.2. The highest BCUT2D eigenvalue weighted by molar-refractivity contribution is 6.41. The molecule has 1 aliphatic carbocycles. The van der Waals surface area contributed by atoms with Crippen LogP contribution in [0, 0.1) is 0 Å². The quantitative estimate of drug-likeness (QED) is 0.278. The summed E-state index contributed by atoms with van der Waals surface area (Å²) in [4.78, 5) is 30.5. The first kappa shape index (κ1) is 18.3. The van der Waals surface area contributed by atoms with E-state index in [0.717, 1.165) is 16.8 Å². The van der Waals surface area contributed by atoms with Gasteiger partial charge in [0.2, 0.25) is 5.71 Å². The fourth-order valence-corrected chi connectivity index (χ4v) is 4.11. The van der Waals surface area contributed by atoms with Gasteiger partial charge in [-0.3, -0.25) is 14.2 Å². The van der Waals surface area contributed by atoms with Crippen LogP contribution in [0.4, 0.5) is 0 Å². The van der Waals surface area contributed by atoms with Gasteiger partial charge in [-0.2, -0.15) is 4.98 Å². The molecule has 5 aromatic rings. The zero-order valence-electron chi connectivity index (χ0n) is 16.9. The zero-order chi connectivity index (χ0) is 21.7. The van der Waals surface area contributed by atoms with Crippen LogP contribution in [0.1, 0.15) is 26.5 Å². The van der Waals surface area contributed by atoms with Gasteiger partial charge in [0.05, 0.1) is 5.57 Å². The largest absolute Gasteiger partial charge is 0.436 e. The van der Waals surface area contributed by atoms with Crippen LogP contribution >= 0.6 is 0 Å². The topological polar surface area (TPSA) is 65.1 Å². The van der Waals surface area contributed by atoms with Crippen LogP contribution in [-0.2, 0) is 0 Å². The Balaban J connectivity index is 1.55. The molecule has 0 saturated carbocycles. The molecule has 0 atom stereocenters. The zero-order valence-corrected chi connectivity index (χ0v) is 16.9. The molecule has 152 valence electrons. The van der Waals surface area contributed by atoms with Crippen molar-refractivity contribution >= 4 is 28.9 Å². The number of hydrogen-bond acceptors (Lipinski definition) is 4. The molecule has 6 rings (SSSR count). The molecule has 5 nitrogen and oxygen atoms in total. The number of furan rings is 1. The predicted octanol–water partition coefficient (Wildman–Crippen LogP) is 5.75. The van der Waals surface area contributed by atoms with Crippen molar-refractivity contribution < 1.29 is 14.0 Å². The van der Waals surface area contributed by atoms with Crippen molar-refractivity contribution in [1.29, 1.82) is 0 Å². The summed E-state index contributed by atoms with van der Waals surface area (Å²) in [6.07, 6.45) is 1.56. The molecule has 0 saturated heterocycles. The van der Waals surface area contributed by atoms with E-state index in [2.05, 4.69) is 4.98 Å². The van der Waals surface area contributed by atoms with E-state index >= 15 is 0 Å². The number of para-hydroxylation sites is 1. The van der Waals surface area contributed by atoms with Gasteiger partial charge in [0, 0.05) is 28.4 Å². The van der Waals surface area contributed by atoms with Gasteiger partial charge < -0.3 is 4.42 Å². The molecule has 2 aromatic heterocycles. The number of carbonyl (C=O) groups is 2. The lowest BCUT2D eigenvalue weighted by Gasteiger charge is -2.06. The molecule has 0 spiro atoms. The van der Waals surface area contributed by atoms with E-state index in [9.17, 15) is 9.59 Å². The van der Waals surface area contributed by atoms with Crippen molar-refractivity contribution in [2.75, 3.05) is 0 Å². The highest BCUT2D eigenvalue weighted by Gasteiger charge is 2.33. The Morgan fingerprint density at radius 1 is 0.750 bits per heavy atom. The second-order valence-electron chi connectivity index (χ2n) is 7.57. The van der Waals surface area contributed by atoms with Gasteiger partial charge in [0.15, 0.2) is 11.6 Å². The lowest BCUT2D eigenvalue weighted by atomic mass is 10.1. The maximum absolute atomic E-state index is 12.9. The normalized spacial score (nSPS) is 13.1. The third kappa shape index (κ3) is 2.76. The number of aromatic nitrogens is 2. The van der Waals surface area contributed by atoms with Crippen molar-refractivity contribution in [1.82, 2.24) is 9.55 Å². The molecular weight excluding hydrogens is 400 g/mol. The molecular formula is C27H16N2O3. The molecule has 0 amide bonds. The second kappa shape index (κ2) is 7.03. The number of benzene rings is 3. The van der Waals surface area contributed by atoms with E-state index in [1.165, 1.54) is 0 Å². The van der Waals surface area contributed by atoms with E-state index < -0.39 is 0 Å². The Kier molecular flexibility index (Phi) is 4.01. The third-order valence-corrected chi connectivity index (χ3v) is 5.63. The van der Waals surface area contributed by atoms with Gasteiger partial charge >= 0.3 is 0 Å². The third-order valence-electron chi connectivity index (χ3n) is 5.63. The van der Waals surface area contributed by atoms with Crippen molar-refractivity contribution in [2.24, 2.45) is 0 Å². The molecule has 0 fully saturated rings. The number of fused-ring (bicyclic) bond motifs is 2. The van der Waals surface area contributed by atoms with Crippen LogP contribution in [0.5, 0.6) is 0 Å². The number of hydrogen-bond donors (Lipinski definition) is 0. The molecule has 0 N–H and O–H groups in total. The Morgan fingerprint density at radius 2 is 1.34 bits per heavy atom. The van der Waals surface area contributed by atoms with E-state index in [0.29, 0.717) is 28.4 Å². The van der Waals surface area contributed by atoms with Crippen LogP contribution in [0.2, 0.25) is 0 Å². The molecule has 0 aliphatic heterocycles. The first-order chi connectivity index (χ1) is 15.7. The Morgan fingerprint density at radius 3 is 2.00 bits per heavy atom. The monoisotopic (exact) mass is 416 g/mol. The standard InChI is InChI=1S/C27H16N2O3/c30-25-19-13-7-8-14-20(19)26(31)21(25)15-24-28-27-22(29(24)18-11-5-2-6-12-18)16-23(32-27)17-9-3-1-4-10-17/h1-16H. The highest BCUT2D eigenvalue weighted by atomic mass is 16.3. The molecule has 32 heavy (non-hydrogen) atoms. The second-order valence-corrected chi connectivity index (χ2v) is 7.57. The average Bonchev–Trinajstić information content (AvgIpc) is 3.47. The van der Waals surface area contributed by atoms with Gasteiger partial charge in [-0.15, -0.1) is 0 Å². The summed E-state index contributed by atoms with van der Waals surface area (Å²) >= 11 is 0. The molecule has 3 aromatic carbocycles. The van der Waals surface area contributed by atoms with Crippen molar-refractivity contribution in [2.45, 2.75) is 0 Å². The predicted molar refractivity (Wildman–Crippen MR) is 122 cm³/mol. The summed E-state index contributed by atoms with van der Waals surface area (Å²) in [6.45, 7) is 0. The Labute approximate surface area is 183 Å². The summed E-state index contributed by atoms with van der Waals surface area (Å²) in [5.41, 5.74) is 3.97. The molecule has 0 radical (unpaired) electrons. The summed E-state index contributed by atoms with van der Waals surface area (Å²) in [5.74, 6) is 0.603. The first-order valence-corrected chi connectivity index (χ1v) is 10.2. The Hall–Kier alpha value is -4.51. The van der Waals surface area contributed by atoms with Gasteiger partial charge in [0.25, 0.3) is 0 Å². The molecule has 0 bridgehead atoms. The number of allylic oxidation sites excluding steroid dienone is 1. The van der Waals surface area contributed by atoms with Crippen LogP contribution < -0.4 is 0 Å². The number of ketones is 2. The minimum absolute atomic E-state index is 0.110. The van der Waals surface area contributed by atoms with Gasteiger partial charge in [0.1, 0.15) is 17.1 Å². The van der Waals surface area contributed by atoms with Gasteiger partial charge in [-0.1, -0.05) is 72.8 Å². The van der Waals surface area contributed by atoms with Crippen molar-refractivity contribution in [3.05, 3.63) is 114 Å². The van der Waals surface area contributed by atoms with Gasteiger partial charge in [-0.05, 0) is 18.2 Å². The van der Waals surface area contributed by atoms with E-state index in [1.807, 2.05) is 71.3 Å². The summed E-state index contributed by atoms with van der Waals surface area (Å²) in [5, 5.41) is 0. The van der Waals surface area contributed by atoms with Crippen LogP contribution in [0.25, 0.3) is 34.3 Å². The van der Waals surface area contributed by atoms with E-state index in [1.54, 1.807) is 30.3 Å². The highest BCUT2D eigenvalue weighted by Crippen LogP contribution is 2.33. The fourth-order valence-electron chi connectivity index (χ4n) is 4.11. The van der Waals surface area contributed by atoms with Gasteiger partial charge in [-0.25, -0.2) is 0 Å². The van der Waals surface area contributed by atoms with E-state index in [-0.39, 0.29) is 17.1 Å². The Bertz CT molecular complexity index is 1500. The molecule has 5 heteroatoms. The van der Waals surface area contributed by atoms with Crippen molar-refractivity contribution in [3.63, 3.8) is 0 Å². The minimum Gasteiger partial charge on any atom is -0.436 e. The molecule has 0 unspecified atom stereocenters. The smallest absolute Gasteiger partial charge is 0.246 e.